The normalized spacial score (nSPS) is 24.1. The molecule has 0 unspecified atom stereocenters. The maximum atomic E-state index is 13.9. The van der Waals surface area contributed by atoms with Gasteiger partial charge in [0.25, 0.3) is 0 Å². The number of piperidine rings is 1. The first-order valence-corrected chi connectivity index (χ1v) is 13.4. The number of hydrogen-bond donors (Lipinski definition) is 1. The van der Waals surface area contributed by atoms with Crippen molar-refractivity contribution in [1.29, 1.82) is 0 Å². The van der Waals surface area contributed by atoms with Gasteiger partial charge in [-0.2, -0.15) is 0 Å². The Bertz CT molecular complexity index is 1050. The zero-order valence-corrected chi connectivity index (χ0v) is 21.9. The van der Waals surface area contributed by atoms with Crippen LogP contribution < -0.4 is 4.90 Å². The van der Waals surface area contributed by atoms with E-state index in [0.717, 1.165) is 48.6 Å². The minimum atomic E-state index is -0.520. The number of halogens is 1. The second-order valence-electron chi connectivity index (χ2n) is 10.3. The van der Waals surface area contributed by atoms with E-state index in [1.165, 1.54) is 0 Å². The molecule has 2 fully saturated rings. The first-order chi connectivity index (χ1) is 17.4. The number of fused-ring (bicyclic) bond motifs is 1. The zero-order chi connectivity index (χ0) is 25.2. The van der Waals surface area contributed by atoms with Crippen LogP contribution in [0.2, 0.25) is 5.02 Å². The van der Waals surface area contributed by atoms with Gasteiger partial charge >= 0.3 is 0 Å². The van der Waals surface area contributed by atoms with Crippen molar-refractivity contribution in [2.45, 2.75) is 50.2 Å². The molecule has 9 heteroatoms. The second-order valence-corrected chi connectivity index (χ2v) is 10.7. The van der Waals surface area contributed by atoms with Crippen LogP contribution in [0.1, 0.15) is 60.9 Å². The van der Waals surface area contributed by atoms with Gasteiger partial charge in [-0.1, -0.05) is 30.7 Å². The molecule has 0 saturated carbocycles. The number of carbonyl (C=O) groups is 1. The van der Waals surface area contributed by atoms with Gasteiger partial charge in [0.2, 0.25) is 5.91 Å². The number of nitrogens with zero attached hydrogens (tertiary/aromatic N) is 5. The Labute approximate surface area is 218 Å². The van der Waals surface area contributed by atoms with Crippen molar-refractivity contribution in [2.75, 3.05) is 57.8 Å². The van der Waals surface area contributed by atoms with Crippen LogP contribution in [-0.2, 0) is 9.53 Å². The summed E-state index contributed by atoms with van der Waals surface area (Å²) >= 11 is 6.15. The highest BCUT2D eigenvalue weighted by atomic mass is 35.5. The van der Waals surface area contributed by atoms with Crippen molar-refractivity contribution >= 4 is 23.3 Å². The summed E-state index contributed by atoms with van der Waals surface area (Å²) in [5, 5.41) is 11.0. The highest BCUT2D eigenvalue weighted by molar-refractivity contribution is 6.30. The lowest BCUT2D eigenvalue weighted by Crippen LogP contribution is -2.52. The van der Waals surface area contributed by atoms with Gasteiger partial charge < -0.3 is 24.5 Å². The third-order valence-corrected chi connectivity index (χ3v) is 8.30. The van der Waals surface area contributed by atoms with Crippen LogP contribution in [0.3, 0.4) is 0 Å². The summed E-state index contributed by atoms with van der Waals surface area (Å²) in [4.78, 5) is 29.4. The molecule has 1 aliphatic carbocycles. The molecule has 1 N–H and O–H groups in total. The molecule has 2 aliphatic heterocycles. The quantitative estimate of drug-likeness (QED) is 0.635. The maximum absolute atomic E-state index is 13.9. The molecule has 0 radical (unpaired) electrons. The molecule has 194 valence electrons. The number of ether oxygens (including phenoxy) is 1. The fraction of sp³-hybridized carbons (Fsp3) is 0.593. The predicted molar refractivity (Wildman–Crippen MR) is 139 cm³/mol. The molecule has 3 atom stereocenters. The minimum absolute atomic E-state index is 0.169. The standard InChI is InChI=1S/C27H36ClN5O3/c1-18-15-23(34)25-24(18)26(30-17-29-25)32-11-13-33(14-12-32)27(35)22(19-3-5-20(28)6-4-19)16-31-9-7-21(36-2)8-10-31/h3-6,17-18,21-23,34H,7-16H2,1-2H3/t18-,22-,23-/m1/s1. The Morgan fingerprint density at radius 3 is 2.47 bits per heavy atom. The Morgan fingerprint density at radius 1 is 1.11 bits per heavy atom. The number of rotatable bonds is 6. The molecule has 0 spiro atoms. The van der Waals surface area contributed by atoms with E-state index in [2.05, 4.69) is 26.7 Å². The lowest BCUT2D eigenvalue weighted by Gasteiger charge is -2.39. The Balaban J connectivity index is 1.28. The maximum Gasteiger partial charge on any atom is 0.231 e. The SMILES string of the molecule is COC1CCN(C[C@@H](C(=O)N2CCN(c3ncnc4c3[C@H](C)C[C@H]4O)CC2)c2ccc(Cl)cc2)CC1. The number of aliphatic hydroxyl groups is 1. The monoisotopic (exact) mass is 513 g/mol. The molecule has 1 aromatic heterocycles. The van der Waals surface area contributed by atoms with Crippen molar-refractivity contribution in [2.24, 2.45) is 0 Å². The van der Waals surface area contributed by atoms with Crippen molar-refractivity contribution < 1.29 is 14.6 Å². The number of amides is 1. The zero-order valence-electron chi connectivity index (χ0n) is 21.1. The Kier molecular flexibility index (Phi) is 7.76. The van der Waals surface area contributed by atoms with E-state index >= 15 is 0 Å². The van der Waals surface area contributed by atoms with Crippen LogP contribution >= 0.6 is 11.6 Å². The molecule has 0 bridgehead atoms. The first-order valence-electron chi connectivity index (χ1n) is 13.0. The van der Waals surface area contributed by atoms with E-state index in [-0.39, 0.29) is 17.7 Å². The highest BCUT2D eigenvalue weighted by Gasteiger charge is 2.35. The average Bonchev–Trinajstić information content (AvgIpc) is 3.21. The first kappa shape index (κ1) is 25.4. The lowest BCUT2D eigenvalue weighted by molar-refractivity contribution is -0.133. The second kappa shape index (κ2) is 11.0. The molecule has 3 aliphatic rings. The number of aromatic nitrogens is 2. The van der Waals surface area contributed by atoms with Crippen molar-refractivity contribution in [1.82, 2.24) is 19.8 Å². The van der Waals surface area contributed by atoms with Crippen LogP contribution in [0.5, 0.6) is 0 Å². The molecule has 2 aromatic rings. The molecule has 1 aromatic carbocycles. The van der Waals surface area contributed by atoms with Gasteiger partial charge in [-0.15, -0.1) is 0 Å². The largest absolute Gasteiger partial charge is 0.387 e. The van der Waals surface area contributed by atoms with Gasteiger partial charge in [0.15, 0.2) is 0 Å². The summed E-state index contributed by atoms with van der Waals surface area (Å²) in [5.41, 5.74) is 2.83. The summed E-state index contributed by atoms with van der Waals surface area (Å²) in [6.45, 7) is 7.41. The fourth-order valence-corrected chi connectivity index (χ4v) is 6.05. The molecular formula is C27H36ClN5O3. The third-order valence-electron chi connectivity index (χ3n) is 8.05. The van der Waals surface area contributed by atoms with E-state index < -0.39 is 6.10 Å². The molecular weight excluding hydrogens is 478 g/mol. The number of aliphatic hydroxyl groups excluding tert-OH is 1. The van der Waals surface area contributed by atoms with Crippen LogP contribution in [0.4, 0.5) is 5.82 Å². The number of anilines is 1. The van der Waals surface area contributed by atoms with Gasteiger partial charge in [0.1, 0.15) is 12.1 Å². The minimum Gasteiger partial charge on any atom is -0.387 e. The Morgan fingerprint density at radius 2 is 1.81 bits per heavy atom. The molecule has 1 amide bonds. The third kappa shape index (κ3) is 5.23. The van der Waals surface area contributed by atoms with Crippen LogP contribution in [-0.4, -0.2) is 89.8 Å². The summed E-state index contributed by atoms with van der Waals surface area (Å²) in [6, 6.07) is 7.72. The van der Waals surface area contributed by atoms with Crippen molar-refractivity contribution in [3.63, 3.8) is 0 Å². The number of likely N-dealkylation sites (tertiary alicyclic amines) is 1. The topological polar surface area (TPSA) is 82.0 Å². The number of piperazine rings is 1. The number of benzene rings is 1. The molecule has 2 saturated heterocycles. The van der Waals surface area contributed by atoms with Crippen LogP contribution in [0, 0.1) is 0 Å². The van der Waals surface area contributed by atoms with Crippen LogP contribution in [0.15, 0.2) is 30.6 Å². The van der Waals surface area contributed by atoms with E-state index in [0.29, 0.717) is 50.3 Å². The van der Waals surface area contributed by atoms with Gasteiger partial charge in [-0.05, 0) is 42.9 Å². The number of hydrogen-bond acceptors (Lipinski definition) is 7. The smallest absolute Gasteiger partial charge is 0.231 e. The van der Waals surface area contributed by atoms with Crippen molar-refractivity contribution in [3.8, 4) is 0 Å². The number of methoxy groups -OCH3 is 1. The number of carbonyl (C=O) groups excluding carboxylic acids is 1. The van der Waals surface area contributed by atoms with Gasteiger partial charge in [-0.25, -0.2) is 9.97 Å². The highest BCUT2D eigenvalue weighted by Crippen LogP contribution is 2.42. The summed E-state index contributed by atoms with van der Waals surface area (Å²) in [6.07, 6.45) is 4.01. The summed E-state index contributed by atoms with van der Waals surface area (Å²) < 4.78 is 5.53. The van der Waals surface area contributed by atoms with E-state index in [9.17, 15) is 9.90 Å². The van der Waals surface area contributed by atoms with E-state index in [4.69, 9.17) is 16.3 Å². The van der Waals surface area contributed by atoms with Gasteiger partial charge in [0, 0.05) is 63.5 Å². The molecule has 8 nitrogen and oxygen atoms in total. The molecule has 3 heterocycles. The average molecular weight is 514 g/mol. The van der Waals surface area contributed by atoms with Gasteiger partial charge in [0.05, 0.1) is 23.8 Å². The fourth-order valence-electron chi connectivity index (χ4n) is 5.92. The van der Waals surface area contributed by atoms with E-state index in [1.807, 2.05) is 29.2 Å². The molecule has 36 heavy (non-hydrogen) atoms. The van der Waals surface area contributed by atoms with Gasteiger partial charge in [-0.3, -0.25) is 4.79 Å². The predicted octanol–water partition coefficient (Wildman–Crippen LogP) is 3.21. The lowest BCUT2D eigenvalue weighted by atomic mass is 9.95. The Hall–Kier alpha value is -2.26. The van der Waals surface area contributed by atoms with Crippen molar-refractivity contribution in [3.05, 3.63) is 52.4 Å². The summed E-state index contributed by atoms with van der Waals surface area (Å²) in [7, 11) is 1.78. The van der Waals surface area contributed by atoms with E-state index in [1.54, 1.807) is 13.4 Å². The molecule has 5 rings (SSSR count). The van der Waals surface area contributed by atoms with Crippen LogP contribution in [0.25, 0.3) is 0 Å². The summed E-state index contributed by atoms with van der Waals surface area (Å²) in [5.74, 6) is 1.07.